The van der Waals surface area contributed by atoms with Gasteiger partial charge in [0, 0.05) is 13.1 Å². The second-order valence-corrected chi connectivity index (χ2v) is 12.2. The van der Waals surface area contributed by atoms with Crippen molar-refractivity contribution in [2.45, 2.75) is 26.3 Å². The highest BCUT2D eigenvalue weighted by Crippen LogP contribution is 2.21. The number of hydrogen-bond acceptors (Lipinski definition) is 10. The number of hydrogen-bond donors (Lipinski definition) is 4. The van der Waals surface area contributed by atoms with Crippen LogP contribution in [0.25, 0.3) is 0 Å². The third-order valence-electron chi connectivity index (χ3n) is 7.94. The van der Waals surface area contributed by atoms with Gasteiger partial charge < -0.3 is 29.6 Å². The van der Waals surface area contributed by atoms with E-state index in [1.165, 1.54) is 0 Å². The van der Waals surface area contributed by atoms with Crippen molar-refractivity contribution >= 4 is 35.6 Å². The van der Waals surface area contributed by atoms with Gasteiger partial charge in [-0.3, -0.25) is 0 Å². The molecule has 60 heavy (non-hydrogen) atoms. The van der Waals surface area contributed by atoms with Crippen LogP contribution in [0.5, 0.6) is 11.5 Å². The second-order valence-electron chi connectivity index (χ2n) is 12.2. The minimum absolute atomic E-state index is 0.0304. The third kappa shape index (κ3) is 15.1. The van der Waals surface area contributed by atoms with Crippen LogP contribution in [0.1, 0.15) is 22.3 Å². The average molecular weight is 801 g/mol. The van der Waals surface area contributed by atoms with E-state index in [-0.39, 0.29) is 38.3 Å². The van der Waals surface area contributed by atoms with Crippen LogP contribution in [-0.4, -0.2) is 24.2 Å². The normalized spacial score (nSPS) is 10.6. The molecule has 14 nitrogen and oxygen atoms in total. The van der Waals surface area contributed by atoms with E-state index in [0.29, 0.717) is 22.9 Å². The molecular weight excluding hydrogens is 761 g/mol. The summed E-state index contributed by atoms with van der Waals surface area (Å²) in [5.41, 5.74) is 4.39. The molecule has 0 aliphatic carbocycles. The monoisotopic (exact) mass is 800 g/mol. The third-order valence-corrected chi connectivity index (χ3v) is 7.94. The van der Waals surface area contributed by atoms with Crippen molar-refractivity contribution in [1.82, 2.24) is 21.3 Å². The van der Waals surface area contributed by atoms with Gasteiger partial charge in [-0.05, 0) is 58.7 Å². The zero-order valence-corrected chi connectivity index (χ0v) is 32.2. The quantitative estimate of drug-likeness (QED) is 0.0404. The van der Waals surface area contributed by atoms with Gasteiger partial charge in [-0.1, -0.05) is 133 Å². The molecule has 300 valence electrons. The maximum Gasteiger partial charge on any atom is 0.407 e. The zero-order chi connectivity index (χ0) is 42.0. The fourth-order valence-corrected chi connectivity index (χ4v) is 5.09. The van der Waals surface area contributed by atoms with Crippen LogP contribution in [-0.2, 0) is 35.8 Å². The number of nitriles is 2. The van der Waals surface area contributed by atoms with Gasteiger partial charge >= 0.3 is 24.2 Å². The molecule has 14 heteroatoms. The lowest BCUT2D eigenvalue weighted by atomic mass is 10.2. The van der Waals surface area contributed by atoms with E-state index in [4.69, 9.17) is 29.5 Å². The molecule has 0 atom stereocenters. The Morgan fingerprint density at radius 3 is 1.17 bits per heavy atom. The Balaban J connectivity index is 0.000000228. The van der Waals surface area contributed by atoms with Gasteiger partial charge in [0.1, 0.15) is 24.7 Å². The highest BCUT2D eigenvalue weighted by molar-refractivity contribution is 5.82. The number of carbonyl (C=O) groups is 2. The topological polar surface area (TPSA) is 191 Å². The summed E-state index contributed by atoms with van der Waals surface area (Å²) in [6, 6.07) is 51.4. The van der Waals surface area contributed by atoms with E-state index in [1.54, 1.807) is 36.4 Å². The second kappa shape index (κ2) is 24.1. The van der Waals surface area contributed by atoms with Gasteiger partial charge in [-0.2, -0.15) is 20.5 Å². The van der Waals surface area contributed by atoms with Crippen LogP contribution in [0.15, 0.2) is 180 Å². The number of alkyl carbamates (subject to hydrolysis) is 2. The van der Waals surface area contributed by atoms with Gasteiger partial charge in [0.2, 0.25) is 0 Å². The molecule has 0 unspecified atom stereocenters. The van der Waals surface area contributed by atoms with Gasteiger partial charge in [0.25, 0.3) is 0 Å². The fraction of sp³-hybridized carbons (Fsp3) is 0.0870. The summed E-state index contributed by atoms with van der Waals surface area (Å²) in [6.45, 7) is 0.790. The standard InChI is InChI=1S/2C23H20N4O3/c2*24-17-26-22(30-20-12-5-2-6-13-20)27-21-14-8-7-11-19(21)15-25-23(28)29-16-18-9-3-1-4-10-18/h2*1-14H,15-16H2,(H,25,28)(H,26,27). The number of amidine groups is 2. The number of para-hydroxylation sites is 4. The Morgan fingerprint density at radius 1 is 0.467 bits per heavy atom. The summed E-state index contributed by atoms with van der Waals surface area (Å²) in [5, 5.41) is 28.3. The van der Waals surface area contributed by atoms with Crippen molar-refractivity contribution in [3.63, 3.8) is 0 Å². The van der Waals surface area contributed by atoms with Crippen molar-refractivity contribution in [2.24, 2.45) is 9.98 Å². The number of rotatable bonds is 12. The first-order valence-electron chi connectivity index (χ1n) is 18.5. The van der Waals surface area contributed by atoms with Crippen LogP contribution in [0, 0.1) is 22.9 Å². The number of aliphatic imine (C=N–C) groups is 2. The molecule has 2 amide bonds. The SMILES string of the molecule is N#CNC(=Nc1ccccc1CNC(=O)OCc1ccccc1)Oc1ccccc1.N#CNC(=Nc1ccccc1CNC(=O)OCc1ccccc1)Oc1ccccc1. The molecule has 6 aromatic rings. The first-order valence-corrected chi connectivity index (χ1v) is 18.5. The highest BCUT2D eigenvalue weighted by atomic mass is 16.6. The van der Waals surface area contributed by atoms with E-state index in [2.05, 4.69) is 31.3 Å². The number of benzene rings is 6. The Kier molecular flexibility index (Phi) is 17.1. The van der Waals surface area contributed by atoms with Crippen molar-refractivity contribution in [2.75, 3.05) is 0 Å². The zero-order valence-electron chi connectivity index (χ0n) is 32.2. The molecular formula is C46H40N8O6. The van der Waals surface area contributed by atoms with Crippen molar-refractivity contribution < 1.29 is 28.5 Å². The van der Waals surface area contributed by atoms with Gasteiger partial charge in [-0.25, -0.2) is 20.2 Å². The van der Waals surface area contributed by atoms with E-state index in [1.807, 2.05) is 146 Å². The van der Waals surface area contributed by atoms with E-state index >= 15 is 0 Å². The van der Waals surface area contributed by atoms with Crippen molar-refractivity contribution in [3.05, 3.63) is 192 Å². The van der Waals surface area contributed by atoms with Crippen LogP contribution in [0.2, 0.25) is 0 Å². The summed E-state index contributed by atoms with van der Waals surface area (Å²) in [7, 11) is 0. The van der Waals surface area contributed by atoms with Crippen molar-refractivity contribution in [1.29, 1.82) is 10.5 Å². The molecule has 0 aromatic heterocycles. The average Bonchev–Trinajstić information content (AvgIpc) is 3.29. The highest BCUT2D eigenvalue weighted by Gasteiger charge is 2.10. The molecule has 0 saturated heterocycles. The molecule has 0 heterocycles. The van der Waals surface area contributed by atoms with E-state index in [9.17, 15) is 9.59 Å². The van der Waals surface area contributed by atoms with Crippen LogP contribution < -0.4 is 30.7 Å². The lowest BCUT2D eigenvalue weighted by Gasteiger charge is -2.10. The lowest BCUT2D eigenvalue weighted by molar-refractivity contribution is 0.138. The Bertz CT molecular complexity index is 2230. The predicted octanol–water partition coefficient (Wildman–Crippen LogP) is 8.50. The van der Waals surface area contributed by atoms with Crippen LogP contribution in [0.4, 0.5) is 21.0 Å². The molecule has 0 aliphatic rings. The summed E-state index contributed by atoms with van der Waals surface area (Å²) in [4.78, 5) is 32.8. The lowest BCUT2D eigenvalue weighted by Crippen LogP contribution is -2.25. The van der Waals surface area contributed by atoms with Crippen LogP contribution >= 0.6 is 0 Å². The van der Waals surface area contributed by atoms with E-state index < -0.39 is 12.2 Å². The van der Waals surface area contributed by atoms with Gasteiger partial charge in [0.05, 0.1) is 11.4 Å². The molecule has 0 fully saturated rings. The van der Waals surface area contributed by atoms with Crippen LogP contribution in [0.3, 0.4) is 0 Å². The molecule has 6 rings (SSSR count). The Hall–Kier alpha value is -8.62. The Labute approximate surface area is 347 Å². The number of nitrogens with one attached hydrogen (secondary N) is 4. The predicted molar refractivity (Wildman–Crippen MR) is 226 cm³/mol. The summed E-state index contributed by atoms with van der Waals surface area (Å²) >= 11 is 0. The van der Waals surface area contributed by atoms with Crippen molar-refractivity contribution in [3.8, 4) is 23.9 Å². The molecule has 0 bridgehead atoms. The molecule has 0 radical (unpaired) electrons. The van der Waals surface area contributed by atoms with E-state index in [0.717, 1.165) is 22.3 Å². The molecule has 4 N–H and O–H groups in total. The number of amides is 2. The first kappa shape index (κ1) is 42.5. The number of ether oxygens (including phenoxy) is 4. The van der Waals surface area contributed by atoms with Gasteiger partial charge in [-0.15, -0.1) is 0 Å². The minimum Gasteiger partial charge on any atom is -0.445 e. The number of nitrogens with zero attached hydrogens (tertiary/aromatic N) is 4. The smallest absolute Gasteiger partial charge is 0.407 e. The summed E-state index contributed by atoms with van der Waals surface area (Å²) < 4.78 is 21.7. The molecule has 0 saturated carbocycles. The fourth-order valence-electron chi connectivity index (χ4n) is 5.09. The molecule has 0 aliphatic heterocycles. The number of carbonyl (C=O) groups excluding carboxylic acids is 2. The Morgan fingerprint density at radius 2 is 0.800 bits per heavy atom. The van der Waals surface area contributed by atoms with Gasteiger partial charge in [0.15, 0.2) is 12.4 Å². The molecule has 0 spiro atoms. The minimum atomic E-state index is -0.534. The summed E-state index contributed by atoms with van der Waals surface area (Å²) in [6.07, 6.45) is 2.56. The molecule has 6 aromatic carbocycles. The largest absolute Gasteiger partial charge is 0.445 e. The maximum atomic E-state index is 12.0. The maximum absolute atomic E-state index is 12.0. The first-order chi connectivity index (χ1) is 29.5. The summed E-state index contributed by atoms with van der Waals surface area (Å²) in [5.74, 6) is 1.08.